The molecular formula is C13H19Cl2N. The molecular weight excluding hydrogens is 241 g/mol. The quantitative estimate of drug-likeness (QED) is 0.591. The Morgan fingerprint density at radius 2 is 1.88 bits per heavy atom. The van der Waals surface area contributed by atoms with Gasteiger partial charge in [-0.05, 0) is 36.9 Å². The third-order valence-corrected chi connectivity index (χ3v) is 3.33. The summed E-state index contributed by atoms with van der Waals surface area (Å²) in [6, 6.07) is 8.79. The van der Waals surface area contributed by atoms with E-state index in [4.69, 9.17) is 11.6 Å². The highest BCUT2D eigenvalue weighted by Gasteiger charge is 2.14. The SMILES string of the molecule is Cl.ClCCCCN1CCc2ccccc2C1. The maximum absolute atomic E-state index is 5.68. The molecule has 0 atom stereocenters. The van der Waals surface area contributed by atoms with Gasteiger partial charge in [0.1, 0.15) is 0 Å². The molecule has 0 saturated heterocycles. The Kier molecular flexibility index (Phi) is 6.18. The van der Waals surface area contributed by atoms with E-state index in [-0.39, 0.29) is 12.4 Å². The van der Waals surface area contributed by atoms with Crippen LogP contribution in [0.2, 0.25) is 0 Å². The van der Waals surface area contributed by atoms with Crippen LogP contribution in [0.4, 0.5) is 0 Å². The Morgan fingerprint density at radius 1 is 1.12 bits per heavy atom. The van der Waals surface area contributed by atoms with Gasteiger partial charge in [0, 0.05) is 19.0 Å². The number of fused-ring (bicyclic) bond motifs is 1. The van der Waals surface area contributed by atoms with Crippen molar-refractivity contribution in [1.29, 1.82) is 0 Å². The van der Waals surface area contributed by atoms with Gasteiger partial charge in [-0.3, -0.25) is 4.90 Å². The lowest BCUT2D eigenvalue weighted by atomic mass is 10.00. The topological polar surface area (TPSA) is 3.24 Å². The van der Waals surface area contributed by atoms with Gasteiger partial charge in [-0.1, -0.05) is 24.3 Å². The van der Waals surface area contributed by atoms with Gasteiger partial charge in [0.15, 0.2) is 0 Å². The van der Waals surface area contributed by atoms with Crippen LogP contribution in [0.25, 0.3) is 0 Å². The number of unbranched alkanes of at least 4 members (excludes halogenated alkanes) is 1. The lowest BCUT2D eigenvalue weighted by Gasteiger charge is -2.28. The van der Waals surface area contributed by atoms with Crippen LogP contribution in [0.15, 0.2) is 24.3 Å². The monoisotopic (exact) mass is 259 g/mol. The minimum atomic E-state index is 0. The van der Waals surface area contributed by atoms with Gasteiger partial charge >= 0.3 is 0 Å². The van der Waals surface area contributed by atoms with Gasteiger partial charge in [0.2, 0.25) is 0 Å². The Bertz CT molecular complexity index is 315. The average Bonchev–Trinajstić information content (AvgIpc) is 2.29. The second-order valence-electron chi connectivity index (χ2n) is 4.19. The normalized spacial score (nSPS) is 15.3. The molecule has 0 bridgehead atoms. The molecule has 0 aromatic heterocycles. The van der Waals surface area contributed by atoms with E-state index in [1.165, 1.54) is 37.1 Å². The number of rotatable bonds is 4. The molecule has 2 rings (SSSR count). The van der Waals surface area contributed by atoms with Crippen LogP contribution >= 0.6 is 24.0 Å². The van der Waals surface area contributed by atoms with Crippen molar-refractivity contribution >= 4 is 24.0 Å². The number of nitrogens with zero attached hydrogens (tertiary/aromatic N) is 1. The van der Waals surface area contributed by atoms with Crippen molar-refractivity contribution in [3.63, 3.8) is 0 Å². The maximum Gasteiger partial charge on any atom is 0.0236 e. The van der Waals surface area contributed by atoms with Crippen molar-refractivity contribution < 1.29 is 0 Å². The van der Waals surface area contributed by atoms with Crippen LogP contribution in [-0.4, -0.2) is 23.9 Å². The smallest absolute Gasteiger partial charge is 0.0236 e. The zero-order valence-corrected chi connectivity index (χ0v) is 11.1. The summed E-state index contributed by atoms with van der Waals surface area (Å²) in [5.41, 5.74) is 3.04. The van der Waals surface area contributed by atoms with Crippen LogP contribution < -0.4 is 0 Å². The first-order valence-corrected chi connectivity index (χ1v) is 6.28. The Morgan fingerprint density at radius 3 is 2.62 bits per heavy atom. The zero-order chi connectivity index (χ0) is 10.5. The van der Waals surface area contributed by atoms with Gasteiger partial charge in [-0.2, -0.15) is 0 Å². The van der Waals surface area contributed by atoms with Gasteiger partial charge in [-0.15, -0.1) is 24.0 Å². The van der Waals surface area contributed by atoms with Crippen molar-refractivity contribution in [2.75, 3.05) is 19.0 Å². The van der Waals surface area contributed by atoms with E-state index in [2.05, 4.69) is 29.2 Å². The molecule has 0 fully saturated rings. The Labute approximate surface area is 109 Å². The third-order valence-electron chi connectivity index (χ3n) is 3.07. The summed E-state index contributed by atoms with van der Waals surface area (Å²) >= 11 is 5.68. The molecule has 1 aliphatic heterocycles. The molecule has 16 heavy (non-hydrogen) atoms. The predicted molar refractivity (Wildman–Crippen MR) is 72.6 cm³/mol. The van der Waals surface area contributed by atoms with Crippen LogP contribution in [0.3, 0.4) is 0 Å². The zero-order valence-electron chi connectivity index (χ0n) is 9.49. The number of hydrogen-bond acceptors (Lipinski definition) is 1. The molecule has 0 radical (unpaired) electrons. The molecule has 0 amide bonds. The van der Waals surface area contributed by atoms with Crippen LogP contribution in [0.5, 0.6) is 0 Å². The van der Waals surface area contributed by atoms with E-state index < -0.39 is 0 Å². The molecule has 0 aliphatic carbocycles. The molecule has 1 aromatic carbocycles. The van der Waals surface area contributed by atoms with Crippen LogP contribution in [0, 0.1) is 0 Å². The molecule has 1 aliphatic rings. The third kappa shape index (κ3) is 3.65. The molecule has 90 valence electrons. The summed E-state index contributed by atoms with van der Waals surface area (Å²) in [6.07, 6.45) is 3.57. The minimum absolute atomic E-state index is 0. The Hall–Kier alpha value is -0.240. The van der Waals surface area contributed by atoms with Gasteiger partial charge < -0.3 is 0 Å². The van der Waals surface area contributed by atoms with Crippen molar-refractivity contribution in [3.8, 4) is 0 Å². The molecule has 1 aromatic rings. The van der Waals surface area contributed by atoms with E-state index in [1.807, 2.05) is 0 Å². The Balaban J connectivity index is 0.00000128. The van der Waals surface area contributed by atoms with E-state index in [9.17, 15) is 0 Å². The number of hydrogen-bond donors (Lipinski definition) is 0. The number of halogens is 2. The van der Waals surface area contributed by atoms with Crippen molar-refractivity contribution in [1.82, 2.24) is 4.90 Å². The predicted octanol–water partition coefficient (Wildman–Crippen LogP) is 3.49. The van der Waals surface area contributed by atoms with Crippen molar-refractivity contribution in [2.45, 2.75) is 25.8 Å². The summed E-state index contributed by atoms with van der Waals surface area (Å²) in [5, 5.41) is 0. The van der Waals surface area contributed by atoms with Crippen molar-refractivity contribution in [3.05, 3.63) is 35.4 Å². The van der Waals surface area contributed by atoms with E-state index in [0.717, 1.165) is 18.8 Å². The first kappa shape index (κ1) is 13.8. The fourth-order valence-electron chi connectivity index (χ4n) is 2.17. The van der Waals surface area contributed by atoms with Gasteiger partial charge in [0.25, 0.3) is 0 Å². The number of benzene rings is 1. The highest BCUT2D eigenvalue weighted by Crippen LogP contribution is 2.18. The molecule has 1 nitrogen and oxygen atoms in total. The highest BCUT2D eigenvalue weighted by molar-refractivity contribution is 6.17. The highest BCUT2D eigenvalue weighted by atomic mass is 35.5. The van der Waals surface area contributed by atoms with Gasteiger partial charge in [-0.25, -0.2) is 0 Å². The first-order chi connectivity index (χ1) is 7.40. The fraction of sp³-hybridized carbons (Fsp3) is 0.538. The molecule has 0 spiro atoms. The summed E-state index contributed by atoms with van der Waals surface area (Å²) in [6.45, 7) is 3.53. The second-order valence-corrected chi connectivity index (χ2v) is 4.57. The summed E-state index contributed by atoms with van der Waals surface area (Å²) < 4.78 is 0. The molecule has 3 heteroatoms. The summed E-state index contributed by atoms with van der Waals surface area (Å²) in [7, 11) is 0. The lowest BCUT2D eigenvalue weighted by molar-refractivity contribution is 0.250. The van der Waals surface area contributed by atoms with E-state index >= 15 is 0 Å². The van der Waals surface area contributed by atoms with E-state index in [0.29, 0.717) is 0 Å². The van der Waals surface area contributed by atoms with Crippen LogP contribution in [-0.2, 0) is 13.0 Å². The van der Waals surface area contributed by atoms with Gasteiger partial charge in [0.05, 0.1) is 0 Å². The molecule has 0 unspecified atom stereocenters. The first-order valence-electron chi connectivity index (χ1n) is 5.75. The average molecular weight is 260 g/mol. The lowest BCUT2D eigenvalue weighted by Crippen LogP contribution is -2.31. The summed E-state index contributed by atoms with van der Waals surface area (Å²) in [5.74, 6) is 0.796. The second kappa shape index (κ2) is 7.16. The maximum atomic E-state index is 5.68. The summed E-state index contributed by atoms with van der Waals surface area (Å²) in [4.78, 5) is 2.54. The van der Waals surface area contributed by atoms with E-state index in [1.54, 1.807) is 0 Å². The standard InChI is InChI=1S/C13H18ClN.ClH/c14-8-3-4-9-15-10-7-12-5-1-2-6-13(12)11-15;/h1-2,5-6H,3-4,7-11H2;1H. The van der Waals surface area contributed by atoms with Crippen molar-refractivity contribution in [2.24, 2.45) is 0 Å². The molecule has 0 saturated carbocycles. The van der Waals surface area contributed by atoms with Crippen LogP contribution in [0.1, 0.15) is 24.0 Å². The number of alkyl halides is 1. The fourth-order valence-corrected chi connectivity index (χ4v) is 2.36. The molecule has 1 heterocycles. The molecule has 0 N–H and O–H groups in total. The largest absolute Gasteiger partial charge is 0.299 e. The minimum Gasteiger partial charge on any atom is -0.299 e.